The van der Waals surface area contributed by atoms with E-state index in [9.17, 15) is 14.4 Å². The Labute approximate surface area is 105 Å². The van der Waals surface area contributed by atoms with E-state index in [0.29, 0.717) is 13.0 Å². The summed E-state index contributed by atoms with van der Waals surface area (Å²) >= 11 is 0. The van der Waals surface area contributed by atoms with Crippen LogP contribution in [0.4, 0.5) is 0 Å². The van der Waals surface area contributed by atoms with E-state index in [1.807, 2.05) is 0 Å². The topological polar surface area (TPSA) is 95.5 Å². The first-order chi connectivity index (χ1) is 8.34. The largest absolute Gasteiger partial charge is 0.481 e. The maximum absolute atomic E-state index is 11.9. The second kappa shape index (κ2) is 4.26. The lowest BCUT2D eigenvalue weighted by Gasteiger charge is -2.11. The van der Waals surface area contributed by atoms with Gasteiger partial charge in [-0.05, 0) is 11.8 Å². The monoisotopic (exact) mass is 254 g/mol. The third kappa shape index (κ3) is 2.19. The van der Waals surface area contributed by atoms with Gasteiger partial charge in [0.15, 0.2) is 0 Å². The molecule has 0 spiro atoms. The molecule has 0 aromatic carbocycles. The summed E-state index contributed by atoms with van der Waals surface area (Å²) in [6.45, 7) is 3.95. The zero-order valence-electron chi connectivity index (χ0n) is 10.5. The summed E-state index contributed by atoms with van der Waals surface area (Å²) in [6.07, 6.45) is 1.21. The number of carbonyl (C=O) groups is 3. The highest BCUT2D eigenvalue weighted by molar-refractivity contribution is 5.91. The van der Waals surface area contributed by atoms with Crippen molar-refractivity contribution in [1.82, 2.24) is 10.6 Å². The first kappa shape index (κ1) is 12.9. The van der Waals surface area contributed by atoms with Crippen LogP contribution >= 0.6 is 0 Å². The molecule has 1 aliphatic heterocycles. The van der Waals surface area contributed by atoms with Crippen molar-refractivity contribution in [3.05, 3.63) is 0 Å². The molecular weight excluding hydrogens is 236 g/mol. The Kier molecular flexibility index (Phi) is 3.04. The van der Waals surface area contributed by atoms with Gasteiger partial charge < -0.3 is 15.7 Å². The van der Waals surface area contributed by atoms with Crippen molar-refractivity contribution in [2.45, 2.75) is 32.7 Å². The molecule has 18 heavy (non-hydrogen) atoms. The van der Waals surface area contributed by atoms with Gasteiger partial charge in [-0.2, -0.15) is 0 Å². The van der Waals surface area contributed by atoms with E-state index in [2.05, 4.69) is 10.6 Å². The number of hydrogen-bond donors (Lipinski definition) is 3. The van der Waals surface area contributed by atoms with Gasteiger partial charge in [0.05, 0.1) is 11.8 Å². The van der Waals surface area contributed by atoms with Crippen LogP contribution in [0.5, 0.6) is 0 Å². The molecular formula is C12H18N2O4. The SMILES string of the molecule is CC1(C)C(C(=O)O)C1C(=O)NCC1CCC(=O)N1. The molecule has 2 aliphatic rings. The van der Waals surface area contributed by atoms with Crippen molar-refractivity contribution >= 4 is 17.8 Å². The second-order valence-corrected chi connectivity index (χ2v) is 5.66. The van der Waals surface area contributed by atoms with Crippen LogP contribution < -0.4 is 10.6 Å². The van der Waals surface area contributed by atoms with E-state index in [-0.39, 0.29) is 17.9 Å². The molecule has 0 aromatic heterocycles. The Morgan fingerprint density at radius 2 is 2.11 bits per heavy atom. The first-order valence-electron chi connectivity index (χ1n) is 6.14. The van der Waals surface area contributed by atoms with Crippen molar-refractivity contribution < 1.29 is 19.5 Å². The maximum atomic E-state index is 11.9. The summed E-state index contributed by atoms with van der Waals surface area (Å²) in [7, 11) is 0. The molecule has 6 heteroatoms. The van der Waals surface area contributed by atoms with Gasteiger partial charge >= 0.3 is 5.97 Å². The van der Waals surface area contributed by atoms with E-state index in [4.69, 9.17) is 5.11 Å². The highest BCUT2D eigenvalue weighted by atomic mass is 16.4. The number of carboxylic acid groups (broad SMARTS) is 1. The standard InChI is InChI=1S/C12H18N2O4/c1-12(2)8(9(12)11(17)18)10(16)13-5-6-3-4-7(15)14-6/h6,8-9H,3-5H2,1-2H3,(H,13,16)(H,14,15)(H,17,18). The molecule has 1 heterocycles. The molecule has 0 bridgehead atoms. The molecule has 2 fully saturated rings. The third-order valence-corrected chi connectivity index (χ3v) is 3.98. The molecule has 6 nitrogen and oxygen atoms in total. The number of nitrogens with one attached hydrogen (secondary N) is 2. The highest BCUT2D eigenvalue weighted by Gasteiger charge is 2.65. The minimum Gasteiger partial charge on any atom is -0.481 e. The maximum Gasteiger partial charge on any atom is 0.307 e. The second-order valence-electron chi connectivity index (χ2n) is 5.66. The molecule has 1 saturated carbocycles. The van der Waals surface area contributed by atoms with Crippen molar-refractivity contribution in [2.24, 2.45) is 17.3 Å². The number of amides is 2. The Hall–Kier alpha value is -1.59. The molecule has 2 amide bonds. The van der Waals surface area contributed by atoms with Gasteiger partial charge in [0, 0.05) is 19.0 Å². The third-order valence-electron chi connectivity index (χ3n) is 3.98. The fourth-order valence-electron chi connectivity index (χ4n) is 2.75. The van der Waals surface area contributed by atoms with Gasteiger partial charge in [-0.15, -0.1) is 0 Å². The molecule has 3 N–H and O–H groups in total. The lowest BCUT2D eigenvalue weighted by molar-refractivity contribution is -0.140. The summed E-state index contributed by atoms with van der Waals surface area (Å²) in [5.74, 6) is -2.21. The summed E-state index contributed by atoms with van der Waals surface area (Å²) in [6, 6.07) is -0.0217. The van der Waals surface area contributed by atoms with E-state index in [0.717, 1.165) is 6.42 Å². The number of rotatable bonds is 4. The van der Waals surface area contributed by atoms with Crippen LogP contribution in [0, 0.1) is 17.3 Å². The van der Waals surface area contributed by atoms with Crippen LogP contribution in [0.2, 0.25) is 0 Å². The quantitative estimate of drug-likeness (QED) is 0.644. The van der Waals surface area contributed by atoms with Crippen molar-refractivity contribution in [1.29, 1.82) is 0 Å². The predicted molar refractivity (Wildman–Crippen MR) is 62.6 cm³/mol. The van der Waals surface area contributed by atoms with Gasteiger partial charge in [0.25, 0.3) is 0 Å². The van der Waals surface area contributed by atoms with E-state index < -0.39 is 23.2 Å². The number of carboxylic acids is 1. The zero-order chi connectivity index (χ0) is 13.5. The average Bonchev–Trinajstić information content (AvgIpc) is 2.63. The lowest BCUT2D eigenvalue weighted by atomic mass is 10.1. The minimum atomic E-state index is -0.922. The van der Waals surface area contributed by atoms with Crippen molar-refractivity contribution in [3.63, 3.8) is 0 Å². The van der Waals surface area contributed by atoms with Crippen molar-refractivity contribution in [2.75, 3.05) is 6.54 Å². The molecule has 0 radical (unpaired) electrons. The molecule has 3 atom stereocenters. The lowest BCUT2D eigenvalue weighted by Crippen LogP contribution is -2.39. The first-order valence-corrected chi connectivity index (χ1v) is 6.14. The molecule has 100 valence electrons. The van der Waals surface area contributed by atoms with Crippen LogP contribution in [0.1, 0.15) is 26.7 Å². The van der Waals surface area contributed by atoms with Gasteiger partial charge in [-0.25, -0.2) is 0 Å². The fraction of sp³-hybridized carbons (Fsp3) is 0.750. The number of hydrogen-bond acceptors (Lipinski definition) is 3. The van der Waals surface area contributed by atoms with E-state index >= 15 is 0 Å². The molecule has 0 aromatic rings. The van der Waals surface area contributed by atoms with Crippen LogP contribution in [0.25, 0.3) is 0 Å². The van der Waals surface area contributed by atoms with Gasteiger partial charge in [-0.1, -0.05) is 13.8 Å². The van der Waals surface area contributed by atoms with Gasteiger partial charge in [-0.3, -0.25) is 14.4 Å². The molecule has 2 rings (SSSR count). The van der Waals surface area contributed by atoms with Crippen LogP contribution in [0.15, 0.2) is 0 Å². The highest BCUT2D eigenvalue weighted by Crippen LogP contribution is 2.58. The Balaban J connectivity index is 1.83. The summed E-state index contributed by atoms with van der Waals surface area (Å²) in [5.41, 5.74) is -0.477. The Bertz CT molecular complexity index is 405. The van der Waals surface area contributed by atoms with E-state index in [1.165, 1.54) is 0 Å². The summed E-state index contributed by atoms with van der Waals surface area (Å²) < 4.78 is 0. The number of aliphatic carboxylic acids is 1. The smallest absolute Gasteiger partial charge is 0.307 e. The fourth-order valence-corrected chi connectivity index (χ4v) is 2.75. The van der Waals surface area contributed by atoms with Gasteiger partial charge in [0.2, 0.25) is 11.8 Å². The Morgan fingerprint density at radius 3 is 2.56 bits per heavy atom. The van der Waals surface area contributed by atoms with Gasteiger partial charge in [0.1, 0.15) is 0 Å². The van der Waals surface area contributed by atoms with Crippen LogP contribution in [0.3, 0.4) is 0 Å². The predicted octanol–water partition coefficient (Wildman–Crippen LogP) is -0.262. The molecule has 1 aliphatic carbocycles. The van der Waals surface area contributed by atoms with E-state index in [1.54, 1.807) is 13.8 Å². The number of carbonyl (C=O) groups excluding carboxylic acids is 2. The summed E-state index contributed by atoms with van der Waals surface area (Å²) in [5, 5.41) is 14.5. The Morgan fingerprint density at radius 1 is 1.44 bits per heavy atom. The zero-order valence-corrected chi connectivity index (χ0v) is 10.5. The summed E-state index contributed by atoms with van der Waals surface area (Å²) in [4.78, 5) is 33.8. The molecule has 1 saturated heterocycles. The van der Waals surface area contributed by atoms with Crippen molar-refractivity contribution in [3.8, 4) is 0 Å². The molecule has 3 unspecified atom stereocenters. The average molecular weight is 254 g/mol. The van der Waals surface area contributed by atoms with Crippen LogP contribution in [-0.2, 0) is 14.4 Å². The minimum absolute atomic E-state index is 0.00409. The normalized spacial score (nSPS) is 32.8. The van der Waals surface area contributed by atoms with Crippen LogP contribution in [-0.4, -0.2) is 35.5 Å².